The third-order valence-electron chi connectivity index (χ3n) is 3.02. The molecular formula is C15H21NO4. The second kappa shape index (κ2) is 8.32. The lowest BCUT2D eigenvalue weighted by atomic mass is 10.0. The van der Waals surface area contributed by atoms with Gasteiger partial charge in [-0.15, -0.1) is 0 Å². The fourth-order valence-corrected chi connectivity index (χ4v) is 1.86. The number of hydrogen-bond donors (Lipinski definition) is 2. The van der Waals surface area contributed by atoms with E-state index in [0.717, 1.165) is 5.56 Å². The van der Waals surface area contributed by atoms with E-state index in [1.165, 1.54) is 0 Å². The molecule has 0 heterocycles. The van der Waals surface area contributed by atoms with Crippen molar-refractivity contribution < 1.29 is 19.4 Å². The largest absolute Gasteiger partial charge is 0.481 e. The fourth-order valence-electron chi connectivity index (χ4n) is 1.86. The van der Waals surface area contributed by atoms with Crippen LogP contribution < -0.4 is 5.32 Å². The van der Waals surface area contributed by atoms with Gasteiger partial charge in [0, 0.05) is 25.6 Å². The fraction of sp³-hybridized carbons (Fsp3) is 0.467. The average molecular weight is 279 g/mol. The van der Waals surface area contributed by atoms with E-state index >= 15 is 0 Å². The van der Waals surface area contributed by atoms with Gasteiger partial charge in [-0.1, -0.05) is 25.1 Å². The van der Waals surface area contributed by atoms with Crippen LogP contribution in [0.25, 0.3) is 0 Å². The van der Waals surface area contributed by atoms with Gasteiger partial charge in [0.2, 0.25) is 0 Å². The Labute approximate surface area is 118 Å². The molecule has 1 aromatic carbocycles. The van der Waals surface area contributed by atoms with Gasteiger partial charge in [0.15, 0.2) is 0 Å². The molecule has 0 radical (unpaired) electrons. The van der Waals surface area contributed by atoms with Gasteiger partial charge in [0.1, 0.15) is 0 Å². The van der Waals surface area contributed by atoms with E-state index in [0.29, 0.717) is 25.1 Å². The van der Waals surface area contributed by atoms with Gasteiger partial charge < -0.3 is 15.2 Å². The van der Waals surface area contributed by atoms with E-state index in [4.69, 9.17) is 9.84 Å². The maximum atomic E-state index is 12.1. The lowest BCUT2D eigenvalue weighted by molar-refractivity contribution is -0.137. The number of benzene rings is 1. The van der Waals surface area contributed by atoms with Crippen LogP contribution in [0.5, 0.6) is 0 Å². The Morgan fingerprint density at radius 2 is 2.05 bits per heavy atom. The maximum Gasteiger partial charge on any atom is 0.303 e. The van der Waals surface area contributed by atoms with Crippen LogP contribution in [-0.4, -0.2) is 30.6 Å². The van der Waals surface area contributed by atoms with Crippen molar-refractivity contribution in [2.75, 3.05) is 13.7 Å². The third kappa shape index (κ3) is 5.40. The number of nitrogens with one attached hydrogen (secondary N) is 1. The van der Waals surface area contributed by atoms with Crippen LogP contribution in [0.15, 0.2) is 24.3 Å². The van der Waals surface area contributed by atoms with Crippen LogP contribution in [-0.2, 0) is 16.1 Å². The quantitative estimate of drug-likeness (QED) is 0.763. The number of carbonyl (C=O) groups is 2. The number of carboxylic acid groups (broad SMARTS) is 1. The van der Waals surface area contributed by atoms with Gasteiger partial charge in [-0.25, -0.2) is 0 Å². The Balaban J connectivity index is 2.52. The summed E-state index contributed by atoms with van der Waals surface area (Å²) in [5, 5.41) is 11.4. The molecule has 2 N–H and O–H groups in total. The van der Waals surface area contributed by atoms with Crippen molar-refractivity contribution in [3.63, 3.8) is 0 Å². The smallest absolute Gasteiger partial charge is 0.303 e. The normalized spacial score (nSPS) is 11.9. The molecule has 0 bridgehead atoms. The molecule has 1 amide bonds. The molecule has 1 atom stereocenters. The number of carboxylic acids is 1. The Hall–Kier alpha value is -1.88. The monoisotopic (exact) mass is 279 g/mol. The first kappa shape index (κ1) is 16.2. The molecule has 0 aliphatic rings. The zero-order chi connectivity index (χ0) is 15.0. The van der Waals surface area contributed by atoms with Crippen LogP contribution >= 0.6 is 0 Å². The van der Waals surface area contributed by atoms with Crippen molar-refractivity contribution in [3.05, 3.63) is 35.4 Å². The highest BCUT2D eigenvalue weighted by Gasteiger charge is 2.12. The van der Waals surface area contributed by atoms with Crippen LogP contribution in [0.1, 0.15) is 35.7 Å². The highest BCUT2D eigenvalue weighted by Crippen LogP contribution is 2.10. The minimum atomic E-state index is -0.811. The summed E-state index contributed by atoms with van der Waals surface area (Å²) in [7, 11) is 1.59. The number of amides is 1. The first-order valence-electron chi connectivity index (χ1n) is 6.61. The Bertz CT molecular complexity index is 459. The number of aliphatic carboxylic acids is 1. The summed E-state index contributed by atoms with van der Waals surface area (Å²) in [6.45, 7) is 2.77. The molecule has 1 unspecified atom stereocenters. The molecule has 0 aliphatic heterocycles. The zero-order valence-electron chi connectivity index (χ0n) is 11.9. The van der Waals surface area contributed by atoms with Crippen molar-refractivity contribution in [2.24, 2.45) is 5.92 Å². The highest BCUT2D eigenvalue weighted by atomic mass is 16.5. The molecule has 0 saturated carbocycles. The number of methoxy groups -OCH3 is 1. The molecule has 0 aliphatic carbocycles. The number of ether oxygens (including phenoxy) is 1. The van der Waals surface area contributed by atoms with Crippen LogP contribution in [0, 0.1) is 5.92 Å². The standard InChI is InChI=1S/C15H21NO4/c1-11(7-8-14(17)18)9-16-15(19)13-6-4-3-5-12(13)10-20-2/h3-6,11H,7-10H2,1-2H3,(H,16,19)(H,17,18). The van der Waals surface area contributed by atoms with E-state index < -0.39 is 5.97 Å². The third-order valence-corrected chi connectivity index (χ3v) is 3.02. The van der Waals surface area contributed by atoms with E-state index in [2.05, 4.69) is 5.32 Å². The SMILES string of the molecule is COCc1ccccc1C(=O)NCC(C)CCC(=O)O. The number of rotatable bonds is 8. The summed E-state index contributed by atoms with van der Waals surface area (Å²) in [5.74, 6) is -0.835. The minimum Gasteiger partial charge on any atom is -0.481 e. The summed E-state index contributed by atoms with van der Waals surface area (Å²) in [5.41, 5.74) is 1.44. The molecular weight excluding hydrogens is 258 g/mol. The van der Waals surface area contributed by atoms with Crippen LogP contribution in [0.3, 0.4) is 0 Å². The molecule has 1 rings (SSSR count). The minimum absolute atomic E-state index is 0.122. The van der Waals surface area contributed by atoms with Gasteiger partial charge in [-0.2, -0.15) is 0 Å². The predicted octanol–water partition coefficient (Wildman–Crippen LogP) is 2.06. The Kier molecular flexibility index (Phi) is 6.73. The van der Waals surface area contributed by atoms with E-state index in [9.17, 15) is 9.59 Å². The van der Waals surface area contributed by atoms with Crippen molar-refractivity contribution >= 4 is 11.9 Å². The topological polar surface area (TPSA) is 75.6 Å². The molecule has 5 nitrogen and oxygen atoms in total. The molecule has 5 heteroatoms. The van der Waals surface area contributed by atoms with Gasteiger partial charge in [0.25, 0.3) is 5.91 Å². The van der Waals surface area contributed by atoms with Gasteiger partial charge in [-0.05, 0) is 24.0 Å². The summed E-state index contributed by atoms with van der Waals surface area (Å²) >= 11 is 0. The Morgan fingerprint density at radius 1 is 1.35 bits per heavy atom. The lowest BCUT2D eigenvalue weighted by Gasteiger charge is -2.13. The molecule has 0 spiro atoms. The summed E-state index contributed by atoms with van der Waals surface area (Å²) in [6, 6.07) is 7.28. The number of hydrogen-bond acceptors (Lipinski definition) is 3. The van der Waals surface area contributed by atoms with E-state index in [1.54, 1.807) is 13.2 Å². The molecule has 0 aromatic heterocycles. The van der Waals surface area contributed by atoms with Gasteiger partial charge in [-0.3, -0.25) is 9.59 Å². The second-order valence-corrected chi connectivity index (χ2v) is 4.84. The number of carbonyl (C=O) groups excluding carboxylic acids is 1. The predicted molar refractivity (Wildman–Crippen MR) is 75.5 cm³/mol. The van der Waals surface area contributed by atoms with E-state index in [-0.39, 0.29) is 18.2 Å². The van der Waals surface area contributed by atoms with Crippen molar-refractivity contribution in [2.45, 2.75) is 26.4 Å². The van der Waals surface area contributed by atoms with Crippen molar-refractivity contribution in [1.29, 1.82) is 0 Å². The highest BCUT2D eigenvalue weighted by molar-refractivity contribution is 5.95. The summed E-state index contributed by atoms with van der Waals surface area (Å²) in [6.07, 6.45) is 0.673. The second-order valence-electron chi connectivity index (χ2n) is 4.84. The van der Waals surface area contributed by atoms with E-state index in [1.807, 2.05) is 25.1 Å². The van der Waals surface area contributed by atoms with Crippen molar-refractivity contribution in [1.82, 2.24) is 5.32 Å². The Morgan fingerprint density at radius 3 is 2.70 bits per heavy atom. The molecule has 0 fully saturated rings. The van der Waals surface area contributed by atoms with Crippen LogP contribution in [0.4, 0.5) is 0 Å². The molecule has 1 aromatic rings. The molecule has 20 heavy (non-hydrogen) atoms. The first-order valence-corrected chi connectivity index (χ1v) is 6.61. The maximum absolute atomic E-state index is 12.1. The summed E-state index contributed by atoms with van der Waals surface area (Å²) in [4.78, 5) is 22.6. The zero-order valence-corrected chi connectivity index (χ0v) is 11.9. The van der Waals surface area contributed by atoms with Gasteiger partial charge in [0.05, 0.1) is 6.61 Å². The summed E-state index contributed by atoms with van der Waals surface area (Å²) < 4.78 is 5.06. The van der Waals surface area contributed by atoms with Crippen molar-refractivity contribution in [3.8, 4) is 0 Å². The first-order chi connectivity index (χ1) is 9.54. The van der Waals surface area contributed by atoms with Gasteiger partial charge >= 0.3 is 5.97 Å². The van der Waals surface area contributed by atoms with Crippen LogP contribution in [0.2, 0.25) is 0 Å². The lowest BCUT2D eigenvalue weighted by Crippen LogP contribution is -2.29. The molecule has 0 saturated heterocycles. The molecule has 110 valence electrons. The average Bonchev–Trinajstić information content (AvgIpc) is 2.43.